The quantitative estimate of drug-likeness (QED) is 0.137. The van der Waals surface area contributed by atoms with Gasteiger partial charge in [-0.05, 0) is 244 Å². The molecule has 0 N–H and O–H groups in total. The van der Waals surface area contributed by atoms with Crippen LogP contribution in [0.25, 0.3) is 155 Å². The molecule has 0 aliphatic heterocycles. The van der Waals surface area contributed by atoms with Gasteiger partial charge in [-0.1, -0.05) is 366 Å². The molecule has 126 heavy (non-hydrogen) atoms. The van der Waals surface area contributed by atoms with Crippen LogP contribution < -0.4 is 0 Å². The van der Waals surface area contributed by atoms with E-state index in [1.807, 2.05) is 12.1 Å². The minimum atomic E-state index is -0.145. The van der Waals surface area contributed by atoms with E-state index < -0.39 is 0 Å². The van der Waals surface area contributed by atoms with Crippen molar-refractivity contribution in [2.45, 2.75) is 182 Å². The normalized spacial score (nSPS) is 14.5. The summed E-state index contributed by atoms with van der Waals surface area (Å²) in [5, 5.41) is 5.08. The number of hydrogen-bond acceptors (Lipinski definition) is 2. The van der Waals surface area contributed by atoms with Gasteiger partial charge in [-0.25, -0.2) is 9.97 Å². The predicted octanol–water partition coefficient (Wildman–Crippen LogP) is 32.4. The Morgan fingerprint density at radius 1 is 0.230 bits per heavy atom. The summed E-state index contributed by atoms with van der Waals surface area (Å²) in [6.45, 7) is 44.5. The lowest BCUT2D eigenvalue weighted by Crippen LogP contribution is -2.18. The second kappa shape index (κ2) is 30.9. The number of benzene rings is 15. The van der Waals surface area contributed by atoms with Crippen molar-refractivity contribution in [3.8, 4) is 89.5 Å². The van der Waals surface area contributed by atoms with Gasteiger partial charge in [0.15, 0.2) is 0 Å². The first-order valence-electron chi connectivity index (χ1n) is 45.2. The SMILES string of the molecule is CC(C)(C)c1c(-c2ccc3c(c2)C(C)(C)CC3(C)C)cccc1-c1ccc2c(c1)C(C)(C)CC2(C)C.CC(C)(C)c1c(-c2ccccc2-n2c3ccccc3c3ccccc32)cccc1-c1ccccc1-n1c2ccccc2c2ccccc21.Cc1nc2cc(-c3cccc(-c4ccc5c(c4)nc(C)n5-c4ccccc4)c3C(C)(C)C)ccc2n1-c1ccccc1. The van der Waals surface area contributed by atoms with Crippen molar-refractivity contribution in [2.24, 2.45) is 0 Å². The maximum Gasteiger partial charge on any atom is 0.111 e. The Kier molecular flexibility index (Phi) is 20.2. The fraction of sp³-hybridized carbons (Fsp3) is 0.233. The van der Waals surface area contributed by atoms with Crippen LogP contribution in [0.5, 0.6) is 0 Å². The van der Waals surface area contributed by atoms with Gasteiger partial charge in [0.1, 0.15) is 11.6 Å². The Morgan fingerprint density at radius 3 is 0.825 bits per heavy atom. The zero-order chi connectivity index (χ0) is 87.9. The molecule has 0 spiro atoms. The summed E-state index contributed by atoms with van der Waals surface area (Å²) in [5.41, 5.74) is 39.9. The zero-order valence-electron chi connectivity index (χ0n) is 76.9. The van der Waals surface area contributed by atoms with E-state index in [4.69, 9.17) is 9.97 Å². The third-order valence-electron chi connectivity index (χ3n) is 27.1. The molecule has 15 aromatic carbocycles. The first-order chi connectivity index (χ1) is 60.2. The van der Waals surface area contributed by atoms with Gasteiger partial charge in [0, 0.05) is 44.0 Å². The van der Waals surface area contributed by atoms with Gasteiger partial charge in [0.2, 0.25) is 0 Å². The van der Waals surface area contributed by atoms with Crippen LogP contribution in [0.4, 0.5) is 0 Å². The number of imidazole rings is 2. The smallest absolute Gasteiger partial charge is 0.111 e. The van der Waals surface area contributed by atoms with Gasteiger partial charge in [-0.2, -0.15) is 0 Å². The van der Waals surface area contributed by atoms with E-state index in [2.05, 4.69) is 471 Å². The molecule has 4 heterocycles. The highest BCUT2D eigenvalue weighted by Crippen LogP contribution is 2.55. The molecule has 21 rings (SSSR count). The van der Waals surface area contributed by atoms with Crippen LogP contribution in [0.3, 0.4) is 0 Å². The average Bonchev–Trinajstić information content (AvgIpc) is 1.56. The summed E-state index contributed by atoms with van der Waals surface area (Å²) < 4.78 is 9.36. The molecule has 0 fully saturated rings. The van der Waals surface area contributed by atoms with E-state index in [9.17, 15) is 0 Å². The topological polar surface area (TPSA) is 45.5 Å². The van der Waals surface area contributed by atoms with E-state index in [0.29, 0.717) is 0 Å². The van der Waals surface area contributed by atoms with Gasteiger partial charge >= 0.3 is 0 Å². The fourth-order valence-electron chi connectivity index (χ4n) is 22.5. The summed E-state index contributed by atoms with van der Waals surface area (Å²) >= 11 is 0. The fourth-order valence-corrected chi connectivity index (χ4v) is 22.5. The zero-order valence-corrected chi connectivity index (χ0v) is 76.9. The van der Waals surface area contributed by atoms with Gasteiger partial charge < -0.3 is 9.13 Å². The molecule has 0 atom stereocenters. The maximum absolute atomic E-state index is 4.97. The number of nitrogens with zero attached hydrogens (tertiary/aromatic N) is 6. The lowest BCUT2D eigenvalue weighted by Gasteiger charge is -2.29. The highest BCUT2D eigenvalue weighted by atomic mass is 15.1. The highest BCUT2D eigenvalue weighted by molar-refractivity contribution is 6.11. The third kappa shape index (κ3) is 14.4. The van der Waals surface area contributed by atoms with Crippen LogP contribution in [-0.4, -0.2) is 28.2 Å². The maximum atomic E-state index is 4.97. The van der Waals surface area contributed by atoms with E-state index in [1.54, 1.807) is 0 Å². The van der Waals surface area contributed by atoms with Gasteiger partial charge in [0.25, 0.3) is 0 Å². The van der Waals surface area contributed by atoms with Crippen LogP contribution in [0, 0.1) is 13.8 Å². The Balaban J connectivity index is 0.000000125. The Bertz CT molecular complexity index is 6950. The second-order valence-electron chi connectivity index (χ2n) is 41.2. The first kappa shape index (κ1) is 82.4. The van der Waals surface area contributed by atoms with Crippen molar-refractivity contribution in [1.29, 1.82) is 0 Å². The van der Waals surface area contributed by atoms with Crippen LogP contribution in [0.1, 0.15) is 181 Å². The van der Waals surface area contributed by atoms with E-state index in [1.165, 1.54) is 174 Å². The summed E-state index contributed by atoms with van der Waals surface area (Å²) in [7, 11) is 0. The lowest BCUT2D eigenvalue weighted by atomic mass is 9.76. The number of para-hydroxylation sites is 8. The number of aromatic nitrogens is 6. The van der Waals surface area contributed by atoms with Crippen LogP contribution in [0.15, 0.2) is 334 Å². The molecule has 0 bridgehead atoms. The molecule has 2 aliphatic rings. The van der Waals surface area contributed by atoms with E-state index in [-0.39, 0.29) is 37.9 Å². The van der Waals surface area contributed by atoms with Crippen molar-refractivity contribution in [1.82, 2.24) is 28.2 Å². The van der Waals surface area contributed by atoms with Crippen LogP contribution >= 0.6 is 0 Å². The molecular formula is C120H116N6. The van der Waals surface area contributed by atoms with Gasteiger partial charge in [-0.3, -0.25) is 9.13 Å². The highest BCUT2D eigenvalue weighted by Gasteiger charge is 2.44. The Labute approximate surface area is 745 Å². The van der Waals surface area contributed by atoms with Crippen molar-refractivity contribution < 1.29 is 0 Å². The van der Waals surface area contributed by atoms with Crippen molar-refractivity contribution >= 4 is 65.7 Å². The Morgan fingerprint density at radius 2 is 0.492 bits per heavy atom. The second-order valence-corrected chi connectivity index (χ2v) is 41.2. The molecule has 0 radical (unpaired) electrons. The van der Waals surface area contributed by atoms with Crippen molar-refractivity contribution in [3.05, 3.63) is 384 Å². The predicted molar refractivity (Wildman–Crippen MR) is 537 cm³/mol. The number of rotatable bonds is 10. The molecule has 0 unspecified atom stereocenters. The van der Waals surface area contributed by atoms with Gasteiger partial charge in [-0.15, -0.1) is 0 Å². The largest absolute Gasteiger partial charge is 0.309 e. The molecule has 6 heteroatoms. The average molecular weight is 1640 g/mol. The number of hydrogen-bond donors (Lipinski definition) is 0. The summed E-state index contributed by atoms with van der Waals surface area (Å²) in [6, 6.07) is 122. The molecular weight excluding hydrogens is 1530 g/mol. The third-order valence-corrected chi connectivity index (χ3v) is 27.1. The number of aryl methyl sites for hydroxylation is 2. The molecule has 626 valence electrons. The van der Waals surface area contributed by atoms with E-state index >= 15 is 0 Å². The van der Waals surface area contributed by atoms with Crippen molar-refractivity contribution in [2.75, 3.05) is 0 Å². The monoisotopic (exact) mass is 1640 g/mol. The summed E-state index contributed by atoms with van der Waals surface area (Å²) in [5.74, 6) is 1.97. The minimum absolute atomic E-state index is 0.0214. The summed E-state index contributed by atoms with van der Waals surface area (Å²) in [6.07, 6.45) is 2.40. The Hall–Kier alpha value is -13.2. The molecule has 0 amide bonds. The van der Waals surface area contributed by atoms with Crippen LogP contribution in [0.2, 0.25) is 0 Å². The molecule has 19 aromatic rings. The lowest BCUT2D eigenvalue weighted by molar-refractivity contribution is 0.402. The van der Waals surface area contributed by atoms with Crippen molar-refractivity contribution in [3.63, 3.8) is 0 Å². The minimum Gasteiger partial charge on any atom is -0.309 e. The molecule has 4 aromatic heterocycles. The molecule has 2 aliphatic carbocycles. The first-order valence-corrected chi connectivity index (χ1v) is 45.2. The number of fused-ring (bicyclic) bond motifs is 10. The molecule has 6 nitrogen and oxygen atoms in total. The van der Waals surface area contributed by atoms with Gasteiger partial charge in [0.05, 0.1) is 55.5 Å². The van der Waals surface area contributed by atoms with Crippen LogP contribution in [-0.2, 0) is 37.9 Å². The standard InChI is InChI=1S/C46H36N2.C38H34N4.C36H46/c1-46(2,3)45-37(35-21-8-14-29-43(35)47-39-25-10-4-17-31(39)32-18-5-11-26-40(32)47)23-16-24-38(45)36-22-9-15-30-44(36)48-41-27-12-6-19-33(41)34-20-7-13-28-42(34)48;1-25-39-33-23-27(19-21-35(33)41(25)29-13-8-6-9-14-29)31-17-12-18-32(37(31)38(3,4)5)28-20-22-36-34(24-28)40-26(2)42(36)30-15-10-7-11-16-30;1-32(2,3)31-25(23-15-17-27-29(19-23)35(8,9)21-33(27,4)5)13-12-14-26(31)24-16-18-28-30(20-24)36(10,11)22-34(28,6)7/h4-30H,1-3H3;6-24H,1-5H3;12-20H,21-22H2,1-11H3. The molecule has 0 saturated heterocycles. The summed E-state index contributed by atoms with van der Waals surface area (Å²) in [4.78, 5) is 9.94. The molecule has 0 saturated carbocycles. The van der Waals surface area contributed by atoms with E-state index in [0.717, 1.165) is 45.1 Å².